The summed E-state index contributed by atoms with van der Waals surface area (Å²) in [6.07, 6.45) is -1.68. The van der Waals surface area contributed by atoms with Gasteiger partial charge < -0.3 is 10.0 Å². The van der Waals surface area contributed by atoms with Gasteiger partial charge in [-0.05, 0) is 44.7 Å². The van der Waals surface area contributed by atoms with Crippen LogP contribution >= 0.6 is 0 Å². The Labute approximate surface area is 116 Å². The molecule has 0 atom stereocenters. The summed E-state index contributed by atoms with van der Waals surface area (Å²) in [4.78, 5) is 5.56. The molecule has 2 heterocycles. The van der Waals surface area contributed by atoms with Crippen LogP contribution in [-0.2, 0) is 6.18 Å². The minimum absolute atomic E-state index is 0.00537. The molecule has 1 fully saturated rings. The molecule has 0 saturated carbocycles. The quantitative estimate of drug-likeness (QED) is 0.908. The van der Waals surface area contributed by atoms with Crippen LogP contribution in [0.25, 0.3) is 0 Å². The Bertz CT molecular complexity index is 460. The molecule has 0 radical (unpaired) electrons. The molecule has 1 aliphatic heterocycles. The Balaban J connectivity index is 2.16. The molecule has 0 spiro atoms. The maximum Gasteiger partial charge on any atom is 0.419 e. The van der Waals surface area contributed by atoms with E-state index in [0.29, 0.717) is 25.9 Å². The van der Waals surface area contributed by atoms with Crippen LogP contribution in [0, 0.1) is 5.92 Å². The first-order chi connectivity index (χ1) is 9.19. The zero-order chi connectivity index (χ0) is 15.0. The van der Waals surface area contributed by atoms with Gasteiger partial charge in [-0.25, -0.2) is 4.98 Å². The number of hydrogen-bond donors (Lipinski definition) is 1. The number of alkyl halides is 3. The van der Waals surface area contributed by atoms with Crippen molar-refractivity contribution in [1.82, 2.24) is 4.98 Å². The van der Waals surface area contributed by atoms with Crippen LogP contribution in [0.2, 0.25) is 0 Å². The number of piperidine rings is 1. The molecule has 1 aromatic rings. The molecule has 0 bridgehead atoms. The Hall–Kier alpha value is -1.30. The lowest BCUT2D eigenvalue weighted by molar-refractivity contribution is -0.137. The number of pyridine rings is 1. The summed E-state index contributed by atoms with van der Waals surface area (Å²) in [7, 11) is 0. The summed E-state index contributed by atoms with van der Waals surface area (Å²) in [5, 5.41) is 9.97. The fourth-order valence-electron chi connectivity index (χ4n) is 2.67. The van der Waals surface area contributed by atoms with Gasteiger partial charge in [-0.2, -0.15) is 13.2 Å². The van der Waals surface area contributed by atoms with E-state index in [1.807, 2.05) is 0 Å². The second kappa shape index (κ2) is 5.24. The molecule has 3 nitrogen and oxygen atoms in total. The van der Waals surface area contributed by atoms with E-state index >= 15 is 0 Å². The third kappa shape index (κ3) is 3.23. The first-order valence-corrected chi connectivity index (χ1v) is 6.69. The van der Waals surface area contributed by atoms with Gasteiger partial charge in [0, 0.05) is 19.3 Å². The van der Waals surface area contributed by atoms with Crippen molar-refractivity contribution in [3.8, 4) is 0 Å². The summed E-state index contributed by atoms with van der Waals surface area (Å²) in [5.41, 5.74) is -1.48. The van der Waals surface area contributed by atoms with Crippen molar-refractivity contribution in [3.05, 3.63) is 23.9 Å². The molecule has 0 aromatic carbocycles. The Morgan fingerprint density at radius 3 is 2.35 bits per heavy atom. The largest absolute Gasteiger partial charge is 0.419 e. The molecule has 1 aromatic heterocycles. The van der Waals surface area contributed by atoms with Crippen molar-refractivity contribution in [3.63, 3.8) is 0 Å². The van der Waals surface area contributed by atoms with Crippen molar-refractivity contribution < 1.29 is 18.3 Å². The molecule has 0 unspecified atom stereocenters. The molecular weight excluding hydrogens is 269 g/mol. The van der Waals surface area contributed by atoms with Gasteiger partial charge in [0.2, 0.25) is 0 Å². The van der Waals surface area contributed by atoms with Gasteiger partial charge in [-0.1, -0.05) is 0 Å². The molecular formula is C14H19F3N2O. The van der Waals surface area contributed by atoms with Gasteiger partial charge in [-0.15, -0.1) is 0 Å². The minimum atomic E-state index is -4.39. The summed E-state index contributed by atoms with van der Waals surface area (Å²) in [6.45, 7) is 4.45. The Kier molecular flexibility index (Phi) is 3.95. The Morgan fingerprint density at radius 2 is 1.85 bits per heavy atom. The summed E-state index contributed by atoms with van der Waals surface area (Å²) < 4.78 is 38.9. The molecule has 6 heteroatoms. The number of nitrogens with zero attached hydrogens (tertiary/aromatic N) is 2. The van der Waals surface area contributed by atoms with E-state index in [0.717, 1.165) is 6.07 Å². The number of aromatic nitrogens is 1. The lowest BCUT2D eigenvalue weighted by Crippen LogP contribution is -2.42. The van der Waals surface area contributed by atoms with Crippen LogP contribution in [0.5, 0.6) is 0 Å². The summed E-state index contributed by atoms with van der Waals surface area (Å²) >= 11 is 0. The number of halogens is 3. The molecule has 0 amide bonds. The van der Waals surface area contributed by atoms with Crippen LogP contribution in [0.3, 0.4) is 0 Å². The van der Waals surface area contributed by atoms with E-state index in [4.69, 9.17) is 0 Å². The van der Waals surface area contributed by atoms with Crippen LogP contribution in [0.15, 0.2) is 18.3 Å². The van der Waals surface area contributed by atoms with E-state index in [1.54, 1.807) is 18.7 Å². The highest BCUT2D eigenvalue weighted by Crippen LogP contribution is 2.37. The molecule has 1 aliphatic rings. The smallest absolute Gasteiger partial charge is 0.390 e. The second-order valence-corrected chi connectivity index (χ2v) is 5.79. The van der Waals surface area contributed by atoms with Crippen molar-refractivity contribution in [1.29, 1.82) is 0 Å². The van der Waals surface area contributed by atoms with Gasteiger partial charge in [0.15, 0.2) is 0 Å². The fraction of sp³-hybridized carbons (Fsp3) is 0.643. The van der Waals surface area contributed by atoms with E-state index in [1.165, 1.54) is 12.3 Å². The highest BCUT2D eigenvalue weighted by Gasteiger charge is 2.37. The molecule has 1 N–H and O–H groups in total. The van der Waals surface area contributed by atoms with Crippen molar-refractivity contribution in [2.24, 2.45) is 5.92 Å². The first kappa shape index (κ1) is 15.1. The van der Waals surface area contributed by atoms with Gasteiger partial charge in [-0.3, -0.25) is 0 Å². The fourth-order valence-corrected chi connectivity index (χ4v) is 2.67. The number of anilines is 1. The zero-order valence-corrected chi connectivity index (χ0v) is 11.6. The van der Waals surface area contributed by atoms with Crippen molar-refractivity contribution >= 4 is 5.82 Å². The number of hydrogen-bond acceptors (Lipinski definition) is 3. The monoisotopic (exact) mass is 288 g/mol. The zero-order valence-electron chi connectivity index (χ0n) is 11.6. The van der Waals surface area contributed by atoms with Crippen LogP contribution in [-0.4, -0.2) is 28.8 Å². The highest BCUT2D eigenvalue weighted by atomic mass is 19.4. The molecule has 2 rings (SSSR count). The minimum Gasteiger partial charge on any atom is -0.390 e. The van der Waals surface area contributed by atoms with Crippen LogP contribution in [0.1, 0.15) is 32.3 Å². The van der Waals surface area contributed by atoms with Crippen LogP contribution < -0.4 is 4.90 Å². The van der Waals surface area contributed by atoms with Crippen molar-refractivity contribution in [2.45, 2.75) is 38.5 Å². The van der Waals surface area contributed by atoms with Gasteiger partial charge >= 0.3 is 6.18 Å². The van der Waals surface area contributed by atoms with Crippen molar-refractivity contribution in [2.75, 3.05) is 18.0 Å². The van der Waals surface area contributed by atoms with E-state index in [-0.39, 0.29) is 11.7 Å². The van der Waals surface area contributed by atoms with E-state index < -0.39 is 17.3 Å². The van der Waals surface area contributed by atoms with E-state index in [2.05, 4.69) is 4.98 Å². The molecule has 1 saturated heterocycles. The lowest BCUT2D eigenvalue weighted by Gasteiger charge is -2.38. The van der Waals surface area contributed by atoms with E-state index in [9.17, 15) is 18.3 Å². The molecule has 20 heavy (non-hydrogen) atoms. The standard InChI is InChI=1S/C14H19F3N2O/c1-13(2,20)10-5-8-19(9-6-10)12-11(14(15,16)17)4-3-7-18-12/h3-4,7,10,20H,5-6,8-9H2,1-2H3. The predicted octanol–water partition coefficient (Wildman–Crippen LogP) is 3.09. The number of aliphatic hydroxyl groups is 1. The third-order valence-corrected chi connectivity index (χ3v) is 3.89. The average Bonchev–Trinajstić information content (AvgIpc) is 2.37. The maximum absolute atomic E-state index is 13.0. The molecule has 0 aliphatic carbocycles. The predicted molar refractivity (Wildman–Crippen MR) is 70.5 cm³/mol. The summed E-state index contributed by atoms with van der Waals surface area (Å²) in [6, 6.07) is 2.36. The lowest BCUT2D eigenvalue weighted by atomic mass is 9.83. The van der Waals surface area contributed by atoms with Gasteiger partial charge in [0.25, 0.3) is 0 Å². The maximum atomic E-state index is 13.0. The number of rotatable bonds is 2. The van der Waals surface area contributed by atoms with Gasteiger partial charge in [0.05, 0.1) is 11.2 Å². The summed E-state index contributed by atoms with van der Waals surface area (Å²) in [5.74, 6) is 0.103. The topological polar surface area (TPSA) is 36.4 Å². The highest BCUT2D eigenvalue weighted by molar-refractivity contribution is 5.48. The SMILES string of the molecule is CC(C)(O)C1CCN(c2ncccc2C(F)(F)F)CC1. The second-order valence-electron chi connectivity index (χ2n) is 5.79. The molecule has 112 valence electrons. The van der Waals surface area contributed by atoms with Gasteiger partial charge in [0.1, 0.15) is 5.82 Å². The van der Waals surface area contributed by atoms with Crippen LogP contribution in [0.4, 0.5) is 19.0 Å². The Morgan fingerprint density at radius 1 is 1.25 bits per heavy atom. The third-order valence-electron chi connectivity index (χ3n) is 3.89. The average molecular weight is 288 g/mol. The first-order valence-electron chi connectivity index (χ1n) is 6.69. The normalized spacial score (nSPS) is 18.4.